The van der Waals surface area contributed by atoms with Crippen LogP contribution < -0.4 is 0 Å². The quantitative estimate of drug-likeness (QED) is 0.220. The lowest BCUT2D eigenvalue weighted by Gasteiger charge is -2.38. The highest BCUT2D eigenvalue weighted by atomic mass is 32.2. The maximum atomic E-state index is 14.0. The average Bonchev–Trinajstić information content (AvgIpc) is 2.90. The van der Waals surface area contributed by atoms with Gasteiger partial charge in [-0.2, -0.15) is 13.2 Å². The van der Waals surface area contributed by atoms with Crippen LogP contribution in [0.4, 0.5) is 17.6 Å². The van der Waals surface area contributed by atoms with Gasteiger partial charge in [-0.25, -0.2) is 14.0 Å². The highest BCUT2D eigenvalue weighted by molar-refractivity contribution is 7.99. The van der Waals surface area contributed by atoms with Crippen LogP contribution in [0.25, 0.3) is 5.57 Å². The molecule has 0 amide bonds. The second-order valence-electron chi connectivity index (χ2n) is 10.3. The minimum Gasteiger partial charge on any atom is -0.473 e. The zero-order valence-corrected chi connectivity index (χ0v) is 22.5. The third kappa shape index (κ3) is 7.28. The van der Waals surface area contributed by atoms with Gasteiger partial charge in [0.15, 0.2) is 0 Å². The molecule has 0 spiro atoms. The van der Waals surface area contributed by atoms with Crippen molar-refractivity contribution in [2.45, 2.75) is 60.0 Å². The summed E-state index contributed by atoms with van der Waals surface area (Å²) in [5, 5.41) is 44.6. The number of piperidine rings is 1. The van der Waals surface area contributed by atoms with Crippen LogP contribution in [0.5, 0.6) is 0 Å². The van der Waals surface area contributed by atoms with Crippen molar-refractivity contribution in [3.8, 4) is 0 Å². The standard InChI is InChI=1S/C26H27F4NO3S.C2H2O4/c27-17-2-3-18-23(12-17)35-22-4-1-16(26(28,29)30)11-19(22)24(18)15-5-7-31(8-6-15)13-14-9-20(32)25(34)21(33)10-14;3-1(4)2(5)6/h1-4,11-12,14,20-21,25,32-34H,5-10,13H2;(H,3,4)(H,5,6). The zero-order chi connectivity index (χ0) is 30.1. The normalized spacial score (nSPS) is 24.6. The van der Waals surface area contributed by atoms with Gasteiger partial charge in [0.1, 0.15) is 11.9 Å². The number of fused-ring (bicyclic) bond motifs is 2. The summed E-state index contributed by atoms with van der Waals surface area (Å²) >= 11 is 1.29. The van der Waals surface area contributed by atoms with Gasteiger partial charge >= 0.3 is 18.1 Å². The molecule has 2 aromatic carbocycles. The molecule has 2 atom stereocenters. The maximum absolute atomic E-state index is 14.0. The second kappa shape index (κ2) is 12.5. The Balaban J connectivity index is 0.000000585. The number of carboxylic acid groups (broad SMARTS) is 2. The van der Waals surface area contributed by atoms with Crippen molar-refractivity contribution in [2.24, 2.45) is 5.92 Å². The van der Waals surface area contributed by atoms with Crippen molar-refractivity contribution in [1.29, 1.82) is 0 Å². The van der Waals surface area contributed by atoms with Gasteiger partial charge in [-0.1, -0.05) is 23.4 Å². The number of carbonyl (C=O) groups is 2. The Hall–Kier alpha value is -2.97. The van der Waals surface area contributed by atoms with Gasteiger partial charge in [-0.3, -0.25) is 0 Å². The summed E-state index contributed by atoms with van der Waals surface area (Å²) in [5.41, 5.74) is 2.42. The number of hydrogen-bond acceptors (Lipinski definition) is 7. The molecule has 1 saturated carbocycles. The number of nitrogens with zero attached hydrogens (tertiary/aromatic N) is 1. The lowest BCUT2D eigenvalue weighted by Crippen LogP contribution is -2.47. The van der Waals surface area contributed by atoms with E-state index in [9.17, 15) is 32.9 Å². The van der Waals surface area contributed by atoms with Gasteiger partial charge in [0.25, 0.3) is 0 Å². The molecule has 8 nitrogen and oxygen atoms in total. The molecule has 2 aromatic rings. The summed E-state index contributed by atoms with van der Waals surface area (Å²) in [6.07, 6.45) is -5.28. The molecule has 1 saturated heterocycles. The lowest BCUT2D eigenvalue weighted by molar-refractivity contribution is -0.159. The first-order valence-electron chi connectivity index (χ1n) is 12.9. The van der Waals surface area contributed by atoms with Crippen molar-refractivity contribution in [2.75, 3.05) is 19.6 Å². The van der Waals surface area contributed by atoms with Crippen LogP contribution in [-0.2, 0) is 15.8 Å². The number of rotatable bonds is 2. The maximum Gasteiger partial charge on any atom is 0.416 e. The monoisotopic (exact) mass is 599 g/mol. The fraction of sp³-hybridized carbons (Fsp3) is 0.429. The molecule has 2 fully saturated rings. The highest BCUT2D eigenvalue weighted by Crippen LogP contribution is 2.49. The van der Waals surface area contributed by atoms with Gasteiger partial charge in [0.2, 0.25) is 0 Å². The fourth-order valence-corrected chi connectivity index (χ4v) is 6.60. The number of aliphatic hydroxyl groups is 3. The molecule has 3 aliphatic rings. The van der Waals surface area contributed by atoms with Crippen LogP contribution in [0.1, 0.15) is 42.4 Å². The Morgan fingerprint density at radius 2 is 1.49 bits per heavy atom. The molecular formula is C28H29F4NO7S. The first-order chi connectivity index (χ1) is 19.2. The molecule has 2 unspecified atom stereocenters. The third-order valence-electron chi connectivity index (χ3n) is 7.46. The van der Waals surface area contributed by atoms with Crippen LogP contribution in [0, 0.1) is 11.7 Å². The number of carboxylic acids is 2. The van der Waals surface area contributed by atoms with Gasteiger partial charge in [-0.05, 0) is 78.6 Å². The van der Waals surface area contributed by atoms with Crippen molar-refractivity contribution in [1.82, 2.24) is 4.90 Å². The number of alkyl halides is 3. The van der Waals surface area contributed by atoms with Crippen LogP contribution in [-0.4, -0.2) is 80.3 Å². The van der Waals surface area contributed by atoms with Crippen molar-refractivity contribution >= 4 is 29.3 Å². The van der Waals surface area contributed by atoms with Crippen molar-refractivity contribution < 1.29 is 52.7 Å². The van der Waals surface area contributed by atoms with Gasteiger partial charge in [0, 0.05) is 29.4 Å². The molecular weight excluding hydrogens is 570 g/mol. The second-order valence-corrected chi connectivity index (χ2v) is 11.4. The molecule has 5 rings (SSSR count). The molecule has 2 heterocycles. The molecule has 2 aliphatic heterocycles. The van der Waals surface area contributed by atoms with E-state index >= 15 is 0 Å². The van der Waals surface area contributed by atoms with E-state index < -0.39 is 42.0 Å². The minimum absolute atomic E-state index is 0.0578. The Labute approximate surface area is 236 Å². The van der Waals surface area contributed by atoms with E-state index in [1.807, 2.05) is 0 Å². The Bertz CT molecular complexity index is 1320. The third-order valence-corrected chi connectivity index (χ3v) is 8.59. The largest absolute Gasteiger partial charge is 0.473 e. The number of likely N-dealkylation sites (tertiary alicyclic amines) is 1. The molecule has 0 bridgehead atoms. The van der Waals surface area contributed by atoms with E-state index in [1.54, 1.807) is 6.07 Å². The van der Waals surface area contributed by atoms with Crippen LogP contribution in [0.2, 0.25) is 0 Å². The van der Waals surface area contributed by atoms with E-state index in [0.717, 1.165) is 22.8 Å². The van der Waals surface area contributed by atoms with Crippen LogP contribution in [0.15, 0.2) is 51.8 Å². The summed E-state index contributed by atoms with van der Waals surface area (Å²) in [5.74, 6) is -3.97. The summed E-state index contributed by atoms with van der Waals surface area (Å²) in [6.45, 7) is 2.07. The molecule has 5 N–H and O–H groups in total. The zero-order valence-electron chi connectivity index (χ0n) is 21.6. The Morgan fingerprint density at radius 1 is 0.878 bits per heavy atom. The smallest absolute Gasteiger partial charge is 0.416 e. The Morgan fingerprint density at radius 3 is 2.05 bits per heavy atom. The van der Waals surface area contributed by atoms with E-state index in [2.05, 4.69) is 4.90 Å². The number of halogens is 4. The summed E-state index contributed by atoms with van der Waals surface area (Å²) in [6, 6.07) is 8.20. The number of aliphatic carboxylic acids is 2. The van der Waals surface area contributed by atoms with Crippen LogP contribution in [0.3, 0.4) is 0 Å². The highest BCUT2D eigenvalue weighted by Gasteiger charge is 2.36. The molecule has 41 heavy (non-hydrogen) atoms. The fourth-order valence-electron chi connectivity index (χ4n) is 5.51. The Kier molecular flexibility index (Phi) is 9.44. The van der Waals surface area contributed by atoms with Gasteiger partial charge in [0.05, 0.1) is 17.8 Å². The summed E-state index contributed by atoms with van der Waals surface area (Å²) in [7, 11) is 0. The topological polar surface area (TPSA) is 139 Å². The minimum atomic E-state index is -4.45. The van der Waals surface area contributed by atoms with Crippen LogP contribution >= 0.6 is 11.8 Å². The number of hydrogen-bond donors (Lipinski definition) is 5. The van der Waals surface area contributed by atoms with E-state index in [0.29, 0.717) is 60.7 Å². The van der Waals surface area contributed by atoms with Crippen molar-refractivity contribution in [3.63, 3.8) is 0 Å². The first-order valence-corrected chi connectivity index (χ1v) is 13.7. The SMILES string of the molecule is O=C(O)C(=O)O.OC1CC(CN2CCC(=C3c4ccc(F)cc4Sc4ccc(C(F)(F)F)cc43)CC2)CC(O)C1O. The molecule has 0 aromatic heterocycles. The summed E-state index contributed by atoms with van der Waals surface area (Å²) < 4.78 is 54.5. The first kappa shape index (κ1) is 31.0. The van der Waals surface area contributed by atoms with E-state index in [-0.39, 0.29) is 11.7 Å². The average molecular weight is 600 g/mol. The van der Waals surface area contributed by atoms with E-state index in [1.165, 1.54) is 36.0 Å². The number of aliphatic hydroxyl groups excluding tert-OH is 3. The summed E-state index contributed by atoms with van der Waals surface area (Å²) in [4.78, 5) is 21.8. The predicted molar refractivity (Wildman–Crippen MR) is 140 cm³/mol. The lowest BCUT2D eigenvalue weighted by atomic mass is 9.82. The van der Waals surface area contributed by atoms with E-state index in [4.69, 9.17) is 19.8 Å². The predicted octanol–water partition coefficient (Wildman–Crippen LogP) is 3.86. The van der Waals surface area contributed by atoms with Crippen molar-refractivity contribution in [3.05, 3.63) is 64.5 Å². The van der Waals surface area contributed by atoms with Gasteiger partial charge < -0.3 is 30.4 Å². The molecule has 13 heteroatoms. The molecule has 222 valence electrons. The molecule has 0 radical (unpaired) electrons. The molecule has 1 aliphatic carbocycles. The number of benzene rings is 2. The van der Waals surface area contributed by atoms with Gasteiger partial charge in [-0.15, -0.1) is 0 Å².